The van der Waals surface area contributed by atoms with Crippen molar-refractivity contribution in [3.8, 4) is 5.75 Å². The molecule has 4 aliphatic rings. The maximum absolute atomic E-state index is 14.1. The van der Waals surface area contributed by atoms with E-state index in [0.29, 0.717) is 42.5 Å². The van der Waals surface area contributed by atoms with E-state index in [1.165, 1.54) is 19.8 Å². The molecule has 4 heterocycles. The van der Waals surface area contributed by atoms with E-state index in [1.807, 2.05) is 0 Å². The Morgan fingerprint density at radius 3 is 1.94 bits per heavy atom. The van der Waals surface area contributed by atoms with Crippen LogP contribution in [0.4, 0.5) is 0 Å². The first-order valence-electron chi connectivity index (χ1n) is 17.0. The zero-order valence-electron chi connectivity index (χ0n) is 28.2. The number of hydrogen-bond acceptors (Lipinski definition) is 7. The lowest BCUT2D eigenvalue weighted by Crippen LogP contribution is -2.56. The van der Waals surface area contributed by atoms with E-state index in [-0.39, 0.29) is 63.4 Å². The number of piperazine rings is 1. The molecule has 10 nitrogen and oxygen atoms in total. The molecule has 3 saturated heterocycles. The molecule has 0 radical (unpaired) electrons. The topological polar surface area (TPSA) is 125 Å². The molecule has 12 heteroatoms. The first kappa shape index (κ1) is 35.3. The fourth-order valence-corrected chi connectivity index (χ4v) is 9.62. The predicted octanol–water partition coefficient (Wildman–Crippen LogP) is 5.37. The smallest absolute Gasteiger partial charge is 0.334 e. The van der Waals surface area contributed by atoms with Crippen LogP contribution >= 0.6 is 23.2 Å². The van der Waals surface area contributed by atoms with Gasteiger partial charge >= 0.3 is 11.9 Å². The van der Waals surface area contributed by atoms with Gasteiger partial charge in [0.1, 0.15) is 5.75 Å². The number of carboxylic acids is 2. The molecule has 3 fully saturated rings. The van der Waals surface area contributed by atoms with Crippen LogP contribution in [0.1, 0.15) is 56.6 Å². The second-order valence-corrected chi connectivity index (χ2v) is 14.7. The number of aromatic hydroxyl groups is 1. The average Bonchev–Trinajstić information content (AvgIpc) is 3.24. The summed E-state index contributed by atoms with van der Waals surface area (Å²) < 4.78 is 0. The number of phenols is 1. The van der Waals surface area contributed by atoms with Crippen LogP contribution in [-0.2, 0) is 26.2 Å². The highest BCUT2D eigenvalue weighted by molar-refractivity contribution is 6.36. The molecule has 6 rings (SSSR count). The van der Waals surface area contributed by atoms with Crippen LogP contribution in [0.3, 0.4) is 0 Å². The minimum Gasteiger partial charge on any atom is -0.508 e. The minimum absolute atomic E-state index is 0.0690. The fourth-order valence-electron chi connectivity index (χ4n) is 8.85. The van der Waals surface area contributed by atoms with Gasteiger partial charge in [-0.1, -0.05) is 47.5 Å². The van der Waals surface area contributed by atoms with E-state index in [1.54, 1.807) is 59.3 Å². The quantitative estimate of drug-likeness (QED) is 0.315. The van der Waals surface area contributed by atoms with Gasteiger partial charge in [0.15, 0.2) is 0 Å². The number of rotatable bonds is 9. The third-order valence-corrected chi connectivity index (χ3v) is 12.1. The number of piperidine rings is 1. The predicted molar refractivity (Wildman–Crippen MR) is 188 cm³/mol. The van der Waals surface area contributed by atoms with Crippen LogP contribution < -0.4 is 0 Å². The van der Waals surface area contributed by atoms with Gasteiger partial charge in [-0.05, 0) is 76.3 Å². The number of phenolic OH excluding ortho intramolecular Hbond substituents is 1. The van der Waals surface area contributed by atoms with Crippen molar-refractivity contribution in [2.24, 2.45) is 0 Å². The largest absolute Gasteiger partial charge is 0.508 e. The zero-order chi connectivity index (χ0) is 35.2. The Hall–Kier alpha value is -3.57. The minimum atomic E-state index is -1.82. The number of nitrogens with zero attached hydrogens (tertiary/aromatic N) is 4. The van der Waals surface area contributed by atoms with Crippen molar-refractivity contribution >= 4 is 41.0 Å². The van der Waals surface area contributed by atoms with Crippen molar-refractivity contribution in [2.75, 3.05) is 40.3 Å². The molecule has 2 aromatic carbocycles. The average molecular weight is 712 g/mol. The number of aryl methyl sites for hydroxylation is 1. The van der Waals surface area contributed by atoms with Gasteiger partial charge in [0, 0.05) is 78.4 Å². The van der Waals surface area contributed by atoms with Gasteiger partial charge in [-0.15, -0.1) is 0 Å². The van der Waals surface area contributed by atoms with E-state index in [0.717, 1.165) is 25.9 Å². The Morgan fingerprint density at radius 1 is 0.796 bits per heavy atom. The van der Waals surface area contributed by atoms with Crippen molar-refractivity contribution in [1.29, 1.82) is 0 Å². The van der Waals surface area contributed by atoms with Gasteiger partial charge in [-0.25, -0.2) is 9.59 Å². The summed E-state index contributed by atoms with van der Waals surface area (Å²) in [5, 5.41) is 32.4. The van der Waals surface area contributed by atoms with Crippen LogP contribution in [0.15, 0.2) is 65.0 Å². The van der Waals surface area contributed by atoms with Gasteiger partial charge in [-0.2, -0.15) is 0 Å². The lowest BCUT2D eigenvalue weighted by atomic mass is 9.66. The molecule has 2 aromatic rings. The maximum atomic E-state index is 14.1. The Morgan fingerprint density at radius 2 is 1.37 bits per heavy atom. The summed E-state index contributed by atoms with van der Waals surface area (Å²) in [4.78, 5) is 49.0. The third kappa shape index (κ3) is 6.44. The number of aliphatic carboxylic acids is 2. The van der Waals surface area contributed by atoms with Crippen molar-refractivity contribution in [3.63, 3.8) is 0 Å². The first-order chi connectivity index (χ1) is 23.3. The van der Waals surface area contributed by atoms with Crippen LogP contribution in [0.2, 0.25) is 10.0 Å². The summed E-state index contributed by atoms with van der Waals surface area (Å²) in [5.74, 6) is -2.86. The molecule has 0 aromatic heterocycles. The van der Waals surface area contributed by atoms with Gasteiger partial charge in [-0.3, -0.25) is 9.69 Å². The monoisotopic (exact) mass is 710 g/mol. The second-order valence-electron chi connectivity index (χ2n) is 13.9. The van der Waals surface area contributed by atoms with E-state index < -0.39 is 17.4 Å². The summed E-state index contributed by atoms with van der Waals surface area (Å²) in [6.45, 7) is 4.08. The van der Waals surface area contributed by atoms with E-state index in [4.69, 9.17) is 23.2 Å². The van der Waals surface area contributed by atoms with Crippen molar-refractivity contribution in [2.45, 2.75) is 75.4 Å². The molecular weight excluding hydrogens is 667 g/mol. The molecule has 1 amide bonds. The number of carbonyl (C=O) groups excluding carboxylic acids is 1. The number of amides is 1. The van der Waals surface area contributed by atoms with Crippen molar-refractivity contribution in [3.05, 3.63) is 86.2 Å². The van der Waals surface area contributed by atoms with Crippen LogP contribution in [-0.4, -0.2) is 111 Å². The summed E-state index contributed by atoms with van der Waals surface area (Å²) in [6.07, 6.45) is 4.93. The van der Waals surface area contributed by atoms with Gasteiger partial charge in [0.05, 0.1) is 23.0 Å². The molecule has 0 saturated carbocycles. The Kier molecular flexibility index (Phi) is 10.1. The number of para-hydroxylation sites is 1. The first-order valence-corrected chi connectivity index (χ1v) is 17.7. The highest BCUT2D eigenvalue weighted by atomic mass is 35.5. The standard InChI is InChI=1S/C37H44Cl2N4O6/c1-37(32-26(38)8-6-9-27(32)39)33(35(46)47)28(14-11-22-7-4-5-10-30(22)44)41(3)29(34(37)36(48)49)21-31(45)43-17-15-42(16-18-43)25-19-23-12-13-24(20-25)40(23)2/h4-10,23-25,44H,11-21H2,1-3H3,(H,46,47)(H,48,49). The van der Waals surface area contributed by atoms with Crippen molar-refractivity contribution < 1.29 is 29.7 Å². The normalized spacial score (nSPS) is 26.4. The van der Waals surface area contributed by atoms with E-state index in [9.17, 15) is 29.7 Å². The van der Waals surface area contributed by atoms with Crippen molar-refractivity contribution in [1.82, 2.24) is 19.6 Å². The highest BCUT2D eigenvalue weighted by Gasteiger charge is 2.52. The number of allylic oxidation sites excluding steroid dienone is 1. The summed E-state index contributed by atoms with van der Waals surface area (Å²) >= 11 is 13.4. The van der Waals surface area contributed by atoms with E-state index >= 15 is 0 Å². The third-order valence-electron chi connectivity index (χ3n) is 11.5. The molecule has 3 N–H and O–H groups in total. The number of carboxylic acid groups (broad SMARTS) is 2. The zero-order valence-corrected chi connectivity index (χ0v) is 29.7. The number of carbonyl (C=O) groups is 3. The number of halogens is 2. The summed E-state index contributed by atoms with van der Waals surface area (Å²) in [5.41, 5.74) is -1.04. The molecular formula is C37H44Cl2N4O6. The summed E-state index contributed by atoms with van der Waals surface area (Å²) in [6, 6.07) is 13.2. The maximum Gasteiger partial charge on any atom is 0.334 e. The molecule has 3 atom stereocenters. The molecule has 0 spiro atoms. The second kappa shape index (κ2) is 14.0. The Bertz CT molecular complexity index is 1690. The van der Waals surface area contributed by atoms with Gasteiger partial charge in [0.25, 0.3) is 0 Å². The lowest BCUT2D eigenvalue weighted by Gasteiger charge is -2.46. The lowest BCUT2D eigenvalue weighted by molar-refractivity contribution is -0.134. The number of hydrogen-bond donors (Lipinski definition) is 3. The molecule has 262 valence electrons. The Labute approximate surface area is 297 Å². The van der Waals surface area contributed by atoms with E-state index in [2.05, 4.69) is 16.8 Å². The number of fused-ring (bicyclic) bond motifs is 2. The number of benzene rings is 2. The fraction of sp³-hybridized carbons (Fsp3) is 0.486. The van der Waals surface area contributed by atoms with Gasteiger partial charge < -0.3 is 30.0 Å². The highest BCUT2D eigenvalue weighted by Crippen LogP contribution is 2.52. The Balaban J connectivity index is 1.34. The SMILES string of the molecule is CN1C(CCc2ccccc2O)=C(C(=O)O)C(C)(c2c(Cl)cccc2Cl)C(C(=O)O)=C1CC(=O)N1CCN(C2CC3CCC(C2)N3C)CC1. The van der Waals surface area contributed by atoms with Crippen LogP contribution in [0, 0.1) is 0 Å². The van der Waals surface area contributed by atoms with Crippen LogP contribution in [0.25, 0.3) is 0 Å². The summed E-state index contributed by atoms with van der Waals surface area (Å²) in [7, 11) is 3.84. The molecule has 3 unspecified atom stereocenters. The van der Waals surface area contributed by atoms with Gasteiger partial charge in [0.2, 0.25) is 5.91 Å². The molecule has 4 aliphatic heterocycles. The molecule has 49 heavy (non-hydrogen) atoms. The van der Waals surface area contributed by atoms with Crippen LogP contribution in [0.5, 0.6) is 5.75 Å². The molecule has 2 bridgehead atoms. The molecule has 0 aliphatic carbocycles.